The fourth-order valence-corrected chi connectivity index (χ4v) is 2.62. The minimum absolute atomic E-state index is 0.0728. The van der Waals surface area contributed by atoms with Gasteiger partial charge in [-0.1, -0.05) is 12.1 Å². The lowest BCUT2D eigenvalue weighted by Crippen LogP contribution is -2.22. The first-order valence-electron chi connectivity index (χ1n) is 6.83. The number of anilines is 1. The van der Waals surface area contributed by atoms with Crippen LogP contribution in [0.4, 0.5) is 5.69 Å². The van der Waals surface area contributed by atoms with Crippen LogP contribution in [0.15, 0.2) is 42.5 Å². The summed E-state index contributed by atoms with van der Waals surface area (Å²) >= 11 is 0. The number of hydrogen-bond donors (Lipinski definition) is 1. The maximum Gasteiger partial charge on any atom is 0.167 e. The van der Waals surface area contributed by atoms with Crippen molar-refractivity contribution in [3.05, 3.63) is 53.6 Å². The SMILES string of the molecule is COc1cc(OC)cc(C2CC(=O)c3ccccc3N2)c1. The van der Waals surface area contributed by atoms with Crippen LogP contribution in [-0.4, -0.2) is 20.0 Å². The van der Waals surface area contributed by atoms with Gasteiger partial charge in [0.05, 0.1) is 20.3 Å². The first kappa shape index (κ1) is 13.5. The highest BCUT2D eigenvalue weighted by Gasteiger charge is 2.25. The Kier molecular flexibility index (Phi) is 3.52. The number of hydrogen-bond acceptors (Lipinski definition) is 4. The van der Waals surface area contributed by atoms with Gasteiger partial charge in [0.1, 0.15) is 11.5 Å². The lowest BCUT2D eigenvalue weighted by atomic mass is 9.92. The van der Waals surface area contributed by atoms with Gasteiger partial charge in [-0.2, -0.15) is 0 Å². The van der Waals surface area contributed by atoms with Crippen LogP contribution in [0.3, 0.4) is 0 Å². The number of carbonyl (C=O) groups is 1. The summed E-state index contributed by atoms with van der Waals surface area (Å²) in [6.07, 6.45) is 0.424. The molecular formula is C17H17NO3. The number of benzene rings is 2. The number of ether oxygens (including phenoxy) is 2. The predicted molar refractivity (Wildman–Crippen MR) is 81.3 cm³/mol. The first-order valence-corrected chi connectivity index (χ1v) is 6.83. The Morgan fingerprint density at radius 2 is 1.71 bits per heavy atom. The predicted octanol–water partition coefficient (Wildman–Crippen LogP) is 3.44. The molecule has 2 aromatic rings. The van der Waals surface area contributed by atoms with Crippen LogP contribution in [0.5, 0.6) is 11.5 Å². The molecule has 108 valence electrons. The van der Waals surface area contributed by atoms with E-state index in [0.29, 0.717) is 6.42 Å². The van der Waals surface area contributed by atoms with E-state index in [-0.39, 0.29) is 11.8 Å². The minimum Gasteiger partial charge on any atom is -0.497 e. The molecule has 1 unspecified atom stereocenters. The van der Waals surface area contributed by atoms with Crippen LogP contribution >= 0.6 is 0 Å². The second-order valence-corrected chi connectivity index (χ2v) is 5.02. The molecule has 4 nitrogen and oxygen atoms in total. The summed E-state index contributed by atoms with van der Waals surface area (Å²) in [5, 5.41) is 3.41. The Morgan fingerprint density at radius 1 is 1.05 bits per heavy atom. The largest absolute Gasteiger partial charge is 0.497 e. The average Bonchev–Trinajstić information content (AvgIpc) is 2.54. The van der Waals surface area contributed by atoms with Crippen molar-refractivity contribution in [1.82, 2.24) is 0 Å². The first-order chi connectivity index (χ1) is 10.2. The summed E-state index contributed by atoms with van der Waals surface area (Å²) in [6, 6.07) is 13.2. The van der Waals surface area contributed by atoms with E-state index < -0.39 is 0 Å². The zero-order valence-electron chi connectivity index (χ0n) is 12.1. The Hall–Kier alpha value is -2.49. The van der Waals surface area contributed by atoms with E-state index >= 15 is 0 Å². The summed E-state index contributed by atoms with van der Waals surface area (Å²) in [4.78, 5) is 12.3. The molecule has 1 aliphatic rings. The molecule has 0 amide bonds. The zero-order chi connectivity index (χ0) is 14.8. The van der Waals surface area contributed by atoms with Crippen molar-refractivity contribution in [3.8, 4) is 11.5 Å². The smallest absolute Gasteiger partial charge is 0.167 e. The molecular weight excluding hydrogens is 266 g/mol. The van der Waals surface area contributed by atoms with Crippen LogP contribution in [0.2, 0.25) is 0 Å². The molecule has 0 saturated carbocycles. The molecule has 1 atom stereocenters. The number of Topliss-reactive ketones (excluding diaryl/α,β-unsaturated/α-hetero) is 1. The highest BCUT2D eigenvalue weighted by Crippen LogP contribution is 2.35. The number of nitrogens with one attached hydrogen (secondary N) is 1. The molecule has 0 saturated heterocycles. The Morgan fingerprint density at radius 3 is 2.38 bits per heavy atom. The van der Waals surface area contributed by atoms with Gasteiger partial charge in [0, 0.05) is 23.7 Å². The van der Waals surface area contributed by atoms with Gasteiger partial charge >= 0.3 is 0 Å². The van der Waals surface area contributed by atoms with Gasteiger partial charge in [-0.25, -0.2) is 0 Å². The number of para-hydroxylation sites is 1. The normalized spacial score (nSPS) is 16.9. The molecule has 0 fully saturated rings. The molecule has 1 aliphatic heterocycles. The summed E-state index contributed by atoms with van der Waals surface area (Å²) < 4.78 is 10.6. The van der Waals surface area contributed by atoms with Gasteiger partial charge in [-0.3, -0.25) is 4.79 Å². The fraction of sp³-hybridized carbons (Fsp3) is 0.235. The third-order valence-electron chi connectivity index (χ3n) is 3.72. The second-order valence-electron chi connectivity index (χ2n) is 5.02. The average molecular weight is 283 g/mol. The van der Waals surface area contributed by atoms with E-state index in [4.69, 9.17) is 9.47 Å². The molecule has 4 heteroatoms. The molecule has 0 spiro atoms. The van der Waals surface area contributed by atoms with Gasteiger partial charge in [-0.05, 0) is 29.8 Å². The number of ketones is 1. The highest BCUT2D eigenvalue weighted by molar-refractivity contribution is 6.03. The van der Waals surface area contributed by atoms with Crippen LogP contribution in [0.25, 0.3) is 0 Å². The molecule has 0 aromatic heterocycles. The molecule has 1 N–H and O–H groups in total. The number of fused-ring (bicyclic) bond motifs is 1. The van der Waals surface area contributed by atoms with Gasteiger partial charge in [0.15, 0.2) is 5.78 Å². The highest BCUT2D eigenvalue weighted by atomic mass is 16.5. The molecule has 0 bridgehead atoms. The number of rotatable bonds is 3. The second kappa shape index (κ2) is 5.48. The lowest BCUT2D eigenvalue weighted by molar-refractivity contribution is 0.0972. The molecule has 21 heavy (non-hydrogen) atoms. The molecule has 2 aromatic carbocycles. The van der Waals surface area contributed by atoms with Crippen molar-refractivity contribution in [2.75, 3.05) is 19.5 Å². The summed E-state index contributed by atoms with van der Waals surface area (Å²) in [5.41, 5.74) is 2.61. The van der Waals surface area contributed by atoms with Gasteiger partial charge in [0.2, 0.25) is 0 Å². The van der Waals surface area contributed by atoms with Crippen molar-refractivity contribution in [2.24, 2.45) is 0 Å². The lowest BCUT2D eigenvalue weighted by Gasteiger charge is -2.27. The quantitative estimate of drug-likeness (QED) is 0.937. The van der Waals surface area contributed by atoms with E-state index in [1.807, 2.05) is 42.5 Å². The van der Waals surface area contributed by atoms with E-state index in [9.17, 15) is 4.79 Å². The Bertz CT molecular complexity index is 659. The number of carbonyl (C=O) groups excluding carboxylic acids is 1. The van der Waals surface area contributed by atoms with E-state index in [1.54, 1.807) is 14.2 Å². The van der Waals surface area contributed by atoms with Crippen molar-refractivity contribution in [1.29, 1.82) is 0 Å². The van der Waals surface area contributed by atoms with Gasteiger partial charge in [0.25, 0.3) is 0 Å². The molecule has 3 rings (SSSR count). The summed E-state index contributed by atoms with van der Waals surface area (Å²) in [5.74, 6) is 1.59. The zero-order valence-corrected chi connectivity index (χ0v) is 12.1. The summed E-state index contributed by atoms with van der Waals surface area (Å²) in [7, 11) is 3.24. The standard InChI is InChI=1S/C17H17NO3/c1-20-12-7-11(8-13(9-12)21-2)16-10-17(19)14-5-3-4-6-15(14)18-16/h3-9,16,18H,10H2,1-2H3. The monoisotopic (exact) mass is 283 g/mol. The maximum absolute atomic E-state index is 12.3. The van der Waals surface area contributed by atoms with Crippen molar-refractivity contribution >= 4 is 11.5 Å². The van der Waals surface area contributed by atoms with Crippen LogP contribution in [0, 0.1) is 0 Å². The van der Waals surface area contributed by atoms with Crippen molar-refractivity contribution in [3.63, 3.8) is 0 Å². The van der Waals surface area contributed by atoms with Crippen LogP contribution < -0.4 is 14.8 Å². The molecule has 0 aliphatic carbocycles. The number of methoxy groups -OCH3 is 2. The van der Waals surface area contributed by atoms with Crippen molar-refractivity contribution in [2.45, 2.75) is 12.5 Å². The fourth-order valence-electron chi connectivity index (χ4n) is 2.62. The summed E-state index contributed by atoms with van der Waals surface area (Å²) in [6.45, 7) is 0. The van der Waals surface area contributed by atoms with Crippen molar-refractivity contribution < 1.29 is 14.3 Å². The van der Waals surface area contributed by atoms with Gasteiger partial charge in [-0.15, -0.1) is 0 Å². The third-order valence-corrected chi connectivity index (χ3v) is 3.72. The third kappa shape index (κ3) is 2.57. The molecule has 0 radical (unpaired) electrons. The topological polar surface area (TPSA) is 47.6 Å². The van der Waals surface area contributed by atoms with Crippen LogP contribution in [-0.2, 0) is 0 Å². The van der Waals surface area contributed by atoms with E-state index in [2.05, 4.69) is 5.32 Å². The Labute approximate surface area is 123 Å². The minimum atomic E-state index is -0.0728. The maximum atomic E-state index is 12.3. The Balaban J connectivity index is 1.97. The van der Waals surface area contributed by atoms with Crippen LogP contribution in [0.1, 0.15) is 28.4 Å². The van der Waals surface area contributed by atoms with Gasteiger partial charge < -0.3 is 14.8 Å². The van der Waals surface area contributed by atoms with E-state index in [1.165, 1.54) is 0 Å². The van der Waals surface area contributed by atoms with E-state index in [0.717, 1.165) is 28.3 Å². The molecule has 1 heterocycles.